The van der Waals surface area contributed by atoms with Crippen LogP contribution in [0, 0.1) is 0 Å². The molecule has 14 heavy (non-hydrogen) atoms. The maximum Gasteiger partial charge on any atom is 0.0406 e. The summed E-state index contributed by atoms with van der Waals surface area (Å²) in [5.41, 5.74) is 7.36. The first-order valence-electron chi connectivity index (χ1n) is 4.99. The van der Waals surface area contributed by atoms with E-state index in [1.165, 1.54) is 5.56 Å². The summed E-state index contributed by atoms with van der Waals surface area (Å²) in [5, 5.41) is 4.08. The molecule has 1 aliphatic heterocycles. The topological polar surface area (TPSA) is 38.0 Å². The van der Waals surface area contributed by atoms with E-state index in [4.69, 9.17) is 17.3 Å². The number of halogens is 1. The second-order valence-corrected chi connectivity index (χ2v) is 4.25. The number of nitrogens with two attached hydrogens (primary N) is 1. The highest BCUT2D eigenvalue weighted by atomic mass is 35.5. The van der Waals surface area contributed by atoms with Crippen molar-refractivity contribution in [3.63, 3.8) is 0 Å². The number of hydrogen-bond acceptors (Lipinski definition) is 2. The Morgan fingerprint density at radius 1 is 1.29 bits per heavy atom. The average molecular weight is 211 g/mol. The van der Waals surface area contributed by atoms with E-state index in [1.54, 1.807) is 0 Å². The van der Waals surface area contributed by atoms with E-state index in [2.05, 4.69) is 17.4 Å². The lowest BCUT2D eigenvalue weighted by Crippen LogP contribution is -2.44. The van der Waals surface area contributed by atoms with E-state index in [-0.39, 0.29) is 6.04 Å². The lowest BCUT2D eigenvalue weighted by molar-refractivity contribution is 0.403. The van der Waals surface area contributed by atoms with Crippen LogP contribution in [-0.2, 0) is 0 Å². The summed E-state index contributed by atoms with van der Waals surface area (Å²) in [4.78, 5) is 0. The largest absolute Gasteiger partial charge is 0.326 e. The van der Waals surface area contributed by atoms with Crippen molar-refractivity contribution in [1.29, 1.82) is 0 Å². The van der Waals surface area contributed by atoms with Gasteiger partial charge in [-0.1, -0.05) is 23.7 Å². The third-order valence-electron chi connectivity index (χ3n) is 2.83. The molecule has 1 aliphatic rings. The zero-order valence-electron chi connectivity index (χ0n) is 8.04. The molecule has 0 radical (unpaired) electrons. The van der Waals surface area contributed by atoms with Crippen LogP contribution in [0.1, 0.15) is 17.9 Å². The highest BCUT2D eigenvalue weighted by Gasteiger charge is 2.22. The van der Waals surface area contributed by atoms with Gasteiger partial charge in [0.15, 0.2) is 0 Å². The maximum atomic E-state index is 6.05. The van der Waals surface area contributed by atoms with Gasteiger partial charge in [-0.25, -0.2) is 0 Å². The van der Waals surface area contributed by atoms with Gasteiger partial charge in [-0.15, -0.1) is 0 Å². The van der Waals surface area contributed by atoms with E-state index in [9.17, 15) is 0 Å². The molecule has 2 rings (SSSR count). The molecule has 1 saturated heterocycles. The van der Waals surface area contributed by atoms with Gasteiger partial charge in [-0.05, 0) is 30.7 Å². The summed E-state index contributed by atoms with van der Waals surface area (Å²) in [6, 6.07) is 8.26. The zero-order valence-corrected chi connectivity index (χ0v) is 8.80. The van der Waals surface area contributed by atoms with Crippen LogP contribution in [0.2, 0.25) is 5.02 Å². The molecule has 2 nitrogen and oxygen atoms in total. The van der Waals surface area contributed by atoms with Crippen LogP contribution in [0.3, 0.4) is 0 Å². The van der Waals surface area contributed by atoms with E-state index in [0.717, 1.165) is 24.5 Å². The van der Waals surface area contributed by atoms with Crippen molar-refractivity contribution in [1.82, 2.24) is 5.32 Å². The molecular weight excluding hydrogens is 196 g/mol. The van der Waals surface area contributed by atoms with E-state index < -0.39 is 0 Å². The van der Waals surface area contributed by atoms with Crippen LogP contribution in [0.15, 0.2) is 24.3 Å². The zero-order chi connectivity index (χ0) is 9.97. The molecule has 1 aromatic rings. The first-order chi connectivity index (χ1) is 6.77. The Bertz CT molecular complexity index is 297. The SMILES string of the molecule is NC1CNCCC1c1ccc(Cl)cc1. The van der Waals surface area contributed by atoms with E-state index in [1.807, 2.05) is 12.1 Å². The van der Waals surface area contributed by atoms with Crippen molar-refractivity contribution in [2.75, 3.05) is 13.1 Å². The van der Waals surface area contributed by atoms with Crippen molar-refractivity contribution < 1.29 is 0 Å². The molecule has 1 heterocycles. The molecule has 0 saturated carbocycles. The molecule has 2 unspecified atom stereocenters. The summed E-state index contributed by atoms with van der Waals surface area (Å²) < 4.78 is 0. The van der Waals surface area contributed by atoms with Crippen LogP contribution in [0.4, 0.5) is 0 Å². The lowest BCUT2D eigenvalue weighted by Gasteiger charge is -2.29. The molecule has 1 aromatic carbocycles. The number of hydrogen-bond donors (Lipinski definition) is 2. The molecule has 0 amide bonds. The van der Waals surface area contributed by atoms with Crippen LogP contribution >= 0.6 is 11.6 Å². The monoisotopic (exact) mass is 210 g/mol. The van der Waals surface area contributed by atoms with Crippen molar-refractivity contribution in [3.05, 3.63) is 34.9 Å². The van der Waals surface area contributed by atoms with Crippen molar-refractivity contribution in [2.45, 2.75) is 18.4 Å². The van der Waals surface area contributed by atoms with Gasteiger partial charge < -0.3 is 11.1 Å². The normalized spacial score (nSPS) is 27.6. The Morgan fingerprint density at radius 3 is 2.64 bits per heavy atom. The fourth-order valence-corrected chi connectivity index (χ4v) is 2.13. The lowest BCUT2D eigenvalue weighted by atomic mass is 9.87. The summed E-state index contributed by atoms with van der Waals surface area (Å²) in [6.07, 6.45) is 1.11. The van der Waals surface area contributed by atoms with E-state index in [0.29, 0.717) is 5.92 Å². The van der Waals surface area contributed by atoms with Crippen LogP contribution in [0.5, 0.6) is 0 Å². The molecule has 2 atom stereocenters. The van der Waals surface area contributed by atoms with Gasteiger partial charge in [-0.3, -0.25) is 0 Å². The molecule has 0 bridgehead atoms. The smallest absolute Gasteiger partial charge is 0.0406 e. The standard InChI is InChI=1S/C11H15ClN2/c12-9-3-1-8(2-4-9)10-5-6-14-7-11(10)13/h1-4,10-11,14H,5-7,13H2. The van der Waals surface area contributed by atoms with Gasteiger partial charge in [0.2, 0.25) is 0 Å². The van der Waals surface area contributed by atoms with Gasteiger partial charge >= 0.3 is 0 Å². The number of piperidine rings is 1. The number of benzene rings is 1. The minimum Gasteiger partial charge on any atom is -0.326 e. The molecule has 0 aliphatic carbocycles. The van der Waals surface area contributed by atoms with Crippen molar-refractivity contribution >= 4 is 11.6 Å². The highest BCUT2D eigenvalue weighted by molar-refractivity contribution is 6.30. The summed E-state index contributed by atoms with van der Waals surface area (Å²) >= 11 is 5.84. The Labute approximate surface area is 89.4 Å². The molecule has 3 N–H and O–H groups in total. The highest BCUT2D eigenvalue weighted by Crippen LogP contribution is 2.25. The molecule has 0 spiro atoms. The first-order valence-corrected chi connectivity index (χ1v) is 5.37. The van der Waals surface area contributed by atoms with Crippen LogP contribution in [-0.4, -0.2) is 19.1 Å². The van der Waals surface area contributed by atoms with Gasteiger partial charge in [0.1, 0.15) is 0 Å². The van der Waals surface area contributed by atoms with Crippen molar-refractivity contribution in [2.24, 2.45) is 5.73 Å². The maximum absolute atomic E-state index is 6.05. The fourth-order valence-electron chi connectivity index (χ4n) is 2.01. The Balaban J connectivity index is 2.16. The average Bonchev–Trinajstić information content (AvgIpc) is 2.20. The first kappa shape index (κ1) is 9.97. The van der Waals surface area contributed by atoms with Gasteiger partial charge in [0.05, 0.1) is 0 Å². The quantitative estimate of drug-likeness (QED) is 0.741. The molecule has 0 aromatic heterocycles. The van der Waals surface area contributed by atoms with Gasteiger partial charge in [0, 0.05) is 23.5 Å². The summed E-state index contributed by atoms with van der Waals surface area (Å²) in [5.74, 6) is 0.480. The molecule has 76 valence electrons. The molecule has 3 heteroatoms. The summed E-state index contributed by atoms with van der Waals surface area (Å²) in [7, 11) is 0. The summed E-state index contributed by atoms with van der Waals surface area (Å²) in [6.45, 7) is 1.97. The van der Waals surface area contributed by atoms with Crippen molar-refractivity contribution in [3.8, 4) is 0 Å². The molecular formula is C11H15ClN2. The third-order valence-corrected chi connectivity index (χ3v) is 3.08. The van der Waals surface area contributed by atoms with Crippen LogP contribution in [0.25, 0.3) is 0 Å². The number of nitrogens with one attached hydrogen (secondary N) is 1. The predicted molar refractivity (Wildman–Crippen MR) is 59.7 cm³/mol. The van der Waals surface area contributed by atoms with Crippen LogP contribution < -0.4 is 11.1 Å². The third kappa shape index (κ3) is 2.08. The fraction of sp³-hybridized carbons (Fsp3) is 0.455. The Kier molecular flexibility index (Phi) is 3.06. The Hall–Kier alpha value is -0.570. The minimum atomic E-state index is 0.227. The van der Waals surface area contributed by atoms with E-state index >= 15 is 0 Å². The predicted octanol–water partition coefficient (Wildman–Crippen LogP) is 1.74. The second-order valence-electron chi connectivity index (χ2n) is 3.81. The Morgan fingerprint density at radius 2 is 2.00 bits per heavy atom. The minimum absolute atomic E-state index is 0.227. The number of rotatable bonds is 1. The second kappa shape index (κ2) is 4.30. The van der Waals surface area contributed by atoms with Gasteiger partial charge in [0.25, 0.3) is 0 Å². The van der Waals surface area contributed by atoms with Gasteiger partial charge in [-0.2, -0.15) is 0 Å². The molecule has 1 fully saturated rings.